The second-order valence-electron chi connectivity index (χ2n) is 7.04. The van der Waals surface area contributed by atoms with Crippen molar-refractivity contribution in [3.8, 4) is 0 Å². The molecule has 0 bridgehead atoms. The van der Waals surface area contributed by atoms with E-state index in [-0.39, 0.29) is 4.90 Å². The molecule has 1 heterocycles. The van der Waals surface area contributed by atoms with Crippen molar-refractivity contribution in [2.24, 2.45) is 5.92 Å². The first kappa shape index (κ1) is 18.7. The predicted molar refractivity (Wildman–Crippen MR) is 107 cm³/mol. The highest BCUT2D eigenvalue weighted by Crippen LogP contribution is 2.42. The molecule has 0 atom stereocenters. The molecule has 0 amide bonds. The van der Waals surface area contributed by atoms with Crippen LogP contribution in [0.15, 0.2) is 40.4 Å². The van der Waals surface area contributed by atoms with Gasteiger partial charge in [0.05, 0.1) is 18.1 Å². The standard InChI is InChI=1S/C18H24N4O3S2/c23-27(24,22-9-11-25-12-10-22)16-7-5-15(6-8-16)19-18(26)21-20-17(13-1-2-13)14-3-4-14/h5-8,13,20H,1-4,9-12H2,(H2,19,21,26). The van der Waals surface area contributed by atoms with Crippen molar-refractivity contribution in [3.05, 3.63) is 35.5 Å². The zero-order chi connectivity index (χ0) is 18.9. The van der Waals surface area contributed by atoms with E-state index in [4.69, 9.17) is 17.0 Å². The summed E-state index contributed by atoms with van der Waals surface area (Å²) >= 11 is 5.33. The molecule has 1 aromatic rings. The van der Waals surface area contributed by atoms with Crippen LogP contribution in [0.3, 0.4) is 0 Å². The van der Waals surface area contributed by atoms with Crippen molar-refractivity contribution in [1.29, 1.82) is 0 Å². The van der Waals surface area contributed by atoms with Crippen molar-refractivity contribution < 1.29 is 13.2 Å². The Hall–Kier alpha value is -1.68. The van der Waals surface area contributed by atoms with Gasteiger partial charge in [-0.05, 0) is 67.7 Å². The highest BCUT2D eigenvalue weighted by atomic mass is 32.2. The van der Waals surface area contributed by atoms with Crippen LogP contribution >= 0.6 is 12.2 Å². The Morgan fingerprint density at radius 2 is 1.74 bits per heavy atom. The number of thiocarbonyl (C=S) groups is 1. The molecule has 0 spiro atoms. The molecule has 146 valence electrons. The lowest BCUT2D eigenvalue weighted by atomic mass is 10.3. The molecule has 7 nitrogen and oxygen atoms in total. The number of benzene rings is 1. The van der Waals surface area contributed by atoms with Gasteiger partial charge >= 0.3 is 0 Å². The summed E-state index contributed by atoms with van der Waals surface area (Å²) in [4.78, 5) is 0.279. The lowest BCUT2D eigenvalue weighted by Crippen LogP contribution is -2.40. The summed E-state index contributed by atoms with van der Waals surface area (Å²) in [6.07, 6.45) is 4.85. The number of hydrazine groups is 1. The predicted octanol–water partition coefficient (Wildman–Crippen LogP) is 1.96. The van der Waals surface area contributed by atoms with Crippen molar-refractivity contribution in [2.75, 3.05) is 31.6 Å². The summed E-state index contributed by atoms with van der Waals surface area (Å²) < 4.78 is 32.0. The minimum Gasteiger partial charge on any atom is -0.379 e. The molecule has 1 aromatic carbocycles. The second kappa shape index (κ2) is 7.75. The highest BCUT2D eigenvalue weighted by Gasteiger charge is 2.32. The smallest absolute Gasteiger partial charge is 0.243 e. The van der Waals surface area contributed by atoms with Crippen LogP contribution in [0.4, 0.5) is 5.69 Å². The molecular formula is C18H24N4O3S2. The van der Waals surface area contributed by atoms with Gasteiger partial charge in [0.25, 0.3) is 0 Å². The van der Waals surface area contributed by atoms with Crippen LogP contribution in [0.1, 0.15) is 25.7 Å². The number of nitrogens with one attached hydrogen (secondary N) is 3. The van der Waals surface area contributed by atoms with Crippen LogP contribution in [-0.4, -0.2) is 44.1 Å². The van der Waals surface area contributed by atoms with Crippen LogP contribution in [0, 0.1) is 5.92 Å². The van der Waals surface area contributed by atoms with Gasteiger partial charge in [-0.2, -0.15) is 4.31 Å². The van der Waals surface area contributed by atoms with Gasteiger partial charge in [-0.3, -0.25) is 5.43 Å². The Morgan fingerprint density at radius 3 is 2.33 bits per heavy atom. The van der Waals surface area contributed by atoms with E-state index in [0.29, 0.717) is 37.3 Å². The van der Waals surface area contributed by atoms with Gasteiger partial charge < -0.3 is 15.5 Å². The number of rotatable bonds is 6. The first-order chi connectivity index (χ1) is 13.0. The average Bonchev–Trinajstić information content (AvgIpc) is 3.57. The number of hydrogen-bond donors (Lipinski definition) is 3. The number of hydrogen-bond acceptors (Lipinski definition) is 5. The van der Waals surface area contributed by atoms with E-state index in [1.165, 1.54) is 41.3 Å². The quantitative estimate of drug-likeness (QED) is 0.490. The number of anilines is 1. The monoisotopic (exact) mass is 408 g/mol. The van der Waals surface area contributed by atoms with Crippen molar-refractivity contribution >= 4 is 33.0 Å². The minimum absolute atomic E-state index is 0.279. The van der Waals surface area contributed by atoms with E-state index < -0.39 is 10.0 Å². The Kier molecular flexibility index (Phi) is 5.36. The fourth-order valence-electron chi connectivity index (χ4n) is 3.12. The zero-order valence-electron chi connectivity index (χ0n) is 15.0. The Bertz CT molecular complexity index is 836. The van der Waals surface area contributed by atoms with Gasteiger partial charge in [0.1, 0.15) is 0 Å². The third-order valence-corrected chi connectivity index (χ3v) is 7.01. The van der Waals surface area contributed by atoms with Gasteiger partial charge in [-0.25, -0.2) is 8.42 Å². The molecule has 0 radical (unpaired) electrons. The topological polar surface area (TPSA) is 82.7 Å². The number of morpholine rings is 1. The van der Waals surface area contributed by atoms with Crippen LogP contribution in [0.5, 0.6) is 0 Å². The van der Waals surface area contributed by atoms with E-state index in [9.17, 15) is 8.42 Å². The minimum atomic E-state index is -3.48. The Balaban J connectivity index is 1.33. The summed E-state index contributed by atoms with van der Waals surface area (Å²) in [6.45, 7) is 1.65. The summed E-state index contributed by atoms with van der Waals surface area (Å²) in [6, 6.07) is 6.65. The molecule has 4 rings (SSSR count). The molecule has 1 aliphatic heterocycles. The summed E-state index contributed by atoms with van der Waals surface area (Å²) in [5.41, 5.74) is 9.82. The van der Waals surface area contributed by atoms with Crippen LogP contribution in [0.25, 0.3) is 0 Å². The molecular weight excluding hydrogens is 384 g/mol. The molecule has 3 aliphatic rings. The molecule has 3 fully saturated rings. The number of sulfonamides is 1. The van der Waals surface area contributed by atoms with E-state index >= 15 is 0 Å². The fraction of sp³-hybridized carbons (Fsp3) is 0.500. The summed E-state index contributed by atoms with van der Waals surface area (Å²) in [5, 5.41) is 3.54. The van der Waals surface area contributed by atoms with E-state index in [1.807, 2.05) is 0 Å². The maximum Gasteiger partial charge on any atom is 0.243 e. The van der Waals surface area contributed by atoms with Crippen molar-refractivity contribution in [2.45, 2.75) is 30.6 Å². The normalized spacial score (nSPS) is 20.1. The second-order valence-corrected chi connectivity index (χ2v) is 9.38. The summed E-state index contributed by atoms with van der Waals surface area (Å²) in [5.74, 6) is 0.655. The summed E-state index contributed by atoms with van der Waals surface area (Å²) in [7, 11) is -3.48. The fourth-order valence-corrected chi connectivity index (χ4v) is 4.69. The Labute approximate surface area is 165 Å². The lowest BCUT2D eigenvalue weighted by molar-refractivity contribution is 0.0730. The number of nitrogens with zero attached hydrogens (tertiary/aromatic N) is 1. The number of allylic oxidation sites excluding steroid dienone is 2. The maximum absolute atomic E-state index is 12.6. The molecule has 3 N–H and O–H groups in total. The molecule has 2 saturated carbocycles. The highest BCUT2D eigenvalue weighted by molar-refractivity contribution is 7.89. The largest absolute Gasteiger partial charge is 0.379 e. The number of ether oxygens (including phenoxy) is 1. The maximum atomic E-state index is 12.6. The van der Waals surface area contributed by atoms with E-state index in [2.05, 4.69) is 16.2 Å². The first-order valence-corrected chi connectivity index (χ1v) is 11.1. The van der Waals surface area contributed by atoms with Crippen molar-refractivity contribution in [1.82, 2.24) is 15.2 Å². The van der Waals surface area contributed by atoms with Gasteiger partial charge in [-0.15, -0.1) is 0 Å². The molecule has 27 heavy (non-hydrogen) atoms. The van der Waals surface area contributed by atoms with Crippen molar-refractivity contribution in [3.63, 3.8) is 0 Å². The molecule has 9 heteroatoms. The molecule has 0 aromatic heterocycles. The third-order valence-electron chi connectivity index (χ3n) is 4.90. The zero-order valence-corrected chi connectivity index (χ0v) is 16.7. The third kappa shape index (κ3) is 4.60. The van der Waals surface area contributed by atoms with Gasteiger partial charge in [-0.1, -0.05) is 0 Å². The van der Waals surface area contributed by atoms with Crippen LogP contribution in [0.2, 0.25) is 0 Å². The van der Waals surface area contributed by atoms with Crippen LogP contribution in [-0.2, 0) is 14.8 Å². The molecule has 1 saturated heterocycles. The Morgan fingerprint density at radius 1 is 1.07 bits per heavy atom. The first-order valence-electron chi connectivity index (χ1n) is 9.27. The van der Waals surface area contributed by atoms with E-state index in [0.717, 1.165) is 5.69 Å². The molecule has 2 aliphatic carbocycles. The van der Waals surface area contributed by atoms with Crippen LogP contribution < -0.4 is 16.2 Å². The average molecular weight is 409 g/mol. The molecule has 0 unspecified atom stereocenters. The van der Waals surface area contributed by atoms with Gasteiger partial charge in [0.2, 0.25) is 10.0 Å². The lowest BCUT2D eigenvalue weighted by Gasteiger charge is -2.26. The van der Waals surface area contributed by atoms with E-state index in [1.54, 1.807) is 24.3 Å². The van der Waals surface area contributed by atoms with Gasteiger partial charge in [0.15, 0.2) is 5.11 Å². The SMILES string of the molecule is O=S(=O)(c1ccc(NC(=S)NNC(=C2CC2)C2CC2)cc1)N1CCOCC1. The van der Waals surface area contributed by atoms with Gasteiger partial charge in [0, 0.05) is 30.4 Å².